The third kappa shape index (κ3) is 2.05. The molecule has 3 heterocycles. The lowest BCUT2D eigenvalue weighted by atomic mass is 9.85. The molecule has 0 aliphatic carbocycles. The molecule has 1 aromatic heterocycles. The number of nitrogens with zero attached hydrogens (tertiary/aromatic N) is 1. The van der Waals surface area contributed by atoms with Crippen molar-refractivity contribution in [1.82, 2.24) is 10.2 Å². The smallest absolute Gasteiger partial charge is 0.0197 e. The van der Waals surface area contributed by atoms with Gasteiger partial charge in [0.05, 0.1) is 0 Å². The number of hydrogen-bond acceptors (Lipinski definition) is 3. The summed E-state index contributed by atoms with van der Waals surface area (Å²) in [5.74, 6) is 1.73. The zero-order valence-electron chi connectivity index (χ0n) is 10.8. The molecular weight excluding hydrogens is 228 g/mol. The highest BCUT2D eigenvalue weighted by Crippen LogP contribution is 2.40. The van der Waals surface area contributed by atoms with Crippen LogP contribution in [-0.2, 0) is 6.42 Å². The van der Waals surface area contributed by atoms with E-state index in [0.29, 0.717) is 5.54 Å². The van der Waals surface area contributed by atoms with Gasteiger partial charge in [0.1, 0.15) is 0 Å². The maximum Gasteiger partial charge on any atom is 0.0197 e. The molecule has 2 saturated heterocycles. The average Bonchev–Trinajstić information content (AvgIpc) is 2.96. The monoisotopic (exact) mass is 250 g/mol. The minimum atomic E-state index is 0.379. The lowest BCUT2D eigenvalue weighted by Crippen LogP contribution is -2.45. The number of thiophene rings is 1. The fourth-order valence-corrected chi connectivity index (χ4v) is 4.29. The molecule has 3 rings (SSSR count). The Hall–Kier alpha value is -0.380. The molecule has 0 amide bonds. The van der Waals surface area contributed by atoms with Crippen molar-refractivity contribution < 1.29 is 0 Å². The Morgan fingerprint density at radius 2 is 2.35 bits per heavy atom. The largest absolute Gasteiger partial charge is 0.316 e. The maximum atomic E-state index is 3.55. The number of likely N-dealkylation sites (tertiary alicyclic amines) is 1. The second-order valence-corrected chi connectivity index (χ2v) is 6.79. The van der Waals surface area contributed by atoms with Gasteiger partial charge in [0.25, 0.3) is 0 Å². The molecular formula is C14H22N2S. The summed E-state index contributed by atoms with van der Waals surface area (Å²) in [5, 5.41) is 8.01. The summed E-state index contributed by atoms with van der Waals surface area (Å²) < 4.78 is 0. The summed E-state index contributed by atoms with van der Waals surface area (Å²) in [6, 6.07) is 2.26. The Labute approximate surface area is 108 Å². The molecule has 3 heteroatoms. The van der Waals surface area contributed by atoms with Gasteiger partial charge in [-0.05, 0) is 61.0 Å². The van der Waals surface area contributed by atoms with Crippen molar-refractivity contribution in [3.8, 4) is 0 Å². The van der Waals surface area contributed by atoms with E-state index in [-0.39, 0.29) is 0 Å². The van der Waals surface area contributed by atoms with E-state index in [1.807, 2.05) is 11.3 Å². The molecule has 94 valence electrons. The Bertz CT molecular complexity index is 372. The van der Waals surface area contributed by atoms with E-state index < -0.39 is 0 Å². The second-order valence-electron chi connectivity index (χ2n) is 6.01. The van der Waals surface area contributed by atoms with Crippen molar-refractivity contribution >= 4 is 11.3 Å². The van der Waals surface area contributed by atoms with Gasteiger partial charge < -0.3 is 5.32 Å². The molecule has 0 spiro atoms. The third-order valence-corrected chi connectivity index (χ3v) is 5.50. The Balaban J connectivity index is 1.64. The highest BCUT2D eigenvalue weighted by molar-refractivity contribution is 7.07. The van der Waals surface area contributed by atoms with Crippen molar-refractivity contribution in [2.45, 2.75) is 25.8 Å². The van der Waals surface area contributed by atoms with Crippen LogP contribution in [-0.4, -0.2) is 36.6 Å². The number of hydrogen-bond donors (Lipinski definition) is 1. The normalized spacial score (nSPS) is 31.9. The van der Waals surface area contributed by atoms with E-state index in [1.54, 1.807) is 0 Å². The fraction of sp³-hybridized carbons (Fsp3) is 0.714. The van der Waals surface area contributed by atoms with Crippen LogP contribution >= 0.6 is 11.3 Å². The van der Waals surface area contributed by atoms with Gasteiger partial charge in [0, 0.05) is 25.2 Å². The lowest BCUT2D eigenvalue weighted by Gasteiger charge is -2.35. The van der Waals surface area contributed by atoms with E-state index in [1.165, 1.54) is 38.2 Å². The highest BCUT2D eigenvalue weighted by Gasteiger charge is 2.48. The lowest BCUT2D eigenvalue weighted by molar-refractivity contribution is 0.141. The number of rotatable bonds is 3. The fourth-order valence-electron chi connectivity index (χ4n) is 3.58. The number of nitrogens with one attached hydrogen (secondary N) is 1. The van der Waals surface area contributed by atoms with Gasteiger partial charge in [-0.3, -0.25) is 4.90 Å². The summed E-state index contributed by atoms with van der Waals surface area (Å²) in [6.07, 6.45) is 1.21. The quantitative estimate of drug-likeness (QED) is 0.885. The predicted molar refractivity (Wildman–Crippen MR) is 73.5 cm³/mol. The van der Waals surface area contributed by atoms with Crippen LogP contribution in [0.1, 0.15) is 19.4 Å². The van der Waals surface area contributed by atoms with Gasteiger partial charge in [-0.15, -0.1) is 0 Å². The molecule has 2 unspecified atom stereocenters. The van der Waals surface area contributed by atoms with Crippen LogP contribution in [0.5, 0.6) is 0 Å². The van der Waals surface area contributed by atoms with E-state index in [9.17, 15) is 0 Å². The Kier molecular flexibility index (Phi) is 3.01. The summed E-state index contributed by atoms with van der Waals surface area (Å²) in [4.78, 5) is 2.71. The number of fused-ring (bicyclic) bond motifs is 1. The Morgan fingerprint density at radius 3 is 3.06 bits per heavy atom. The van der Waals surface area contributed by atoms with Crippen LogP contribution in [0.4, 0.5) is 0 Å². The molecule has 2 aliphatic heterocycles. The summed E-state index contributed by atoms with van der Waals surface area (Å²) in [6.45, 7) is 9.80. The standard InChI is InChI=1S/C14H22N2S/c1-14(2)13-8-15-7-12(13)9-16(14)5-3-11-4-6-17-10-11/h4,6,10,12-13,15H,3,5,7-9H2,1-2H3. The van der Waals surface area contributed by atoms with E-state index in [4.69, 9.17) is 0 Å². The molecule has 1 aromatic rings. The van der Waals surface area contributed by atoms with Gasteiger partial charge in [-0.25, -0.2) is 0 Å². The van der Waals surface area contributed by atoms with Gasteiger partial charge in [0.15, 0.2) is 0 Å². The highest BCUT2D eigenvalue weighted by atomic mass is 32.1. The van der Waals surface area contributed by atoms with Crippen molar-refractivity contribution in [2.75, 3.05) is 26.2 Å². The van der Waals surface area contributed by atoms with Crippen LogP contribution in [0.2, 0.25) is 0 Å². The van der Waals surface area contributed by atoms with Crippen molar-refractivity contribution in [2.24, 2.45) is 11.8 Å². The van der Waals surface area contributed by atoms with Crippen molar-refractivity contribution in [3.05, 3.63) is 22.4 Å². The summed E-state index contributed by atoms with van der Waals surface area (Å²) >= 11 is 1.81. The first-order valence-electron chi connectivity index (χ1n) is 6.65. The first-order chi connectivity index (χ1) is 8.18. The van der Waals surface area contributed by atoms with Crippen LogP contribution in [0.25, 0.3) is 0 Å². The minimum Gasteiger partial charge on any atom is -0.316 e. The molecule has 0 aromatic carbocycles. The molecule has 2 atom stereocenters. The van der Waals surface area contributed by atoms with Gasteiger partial charge in [-0.2, -0.15) is 11.3 Å². The van der Waals surface area contributed by atoms with Crippen LogP contribution < -0.4 is 5.32 Å². The van der Waals surface area contributed by atoms with Gasteiger partial charge >= 0.3 is 0 Å². The average molecular weight is 250 g/mol. The molecule has 17 heavy (non-hydrogen) atoms. The summed E-state index contributed by atoms with van der Waals surface area (Å²) in [5.41, 5.74) is 1.88. The second kappa shape index (κ2) is 4.38. The Morgan fingerprint density at radius 1 is 1.47 bits per heavy atom. The zero-order valence-corrected chi connectivity index (χ0v) is 11.6. The van der Waals surface area contributed by atoms with Crippen molar-refractivity contribution in [3.63, 3.8) is 0 Å². The first kappa shape index (κ1) is 11.7. The topological polar surface area (TPSA) is 15.3 Å². The molecule has 0 saturated carbocycles. The van der Waals surface area contributed by atoms with Gasteiger partial charge in [0.2, 0.25) is 0 Å². The third-order valence-electron chi connectivity index (χ3n) is 4.77. The van der Waals surface area contributed by atoms with Crippen LogP contribution in [0, 0.1) is 11.8 Å². The SMILES string of the molecule is CC1(C)C2CNCC2CN1CCc1ccsc1. The maximum absolute atomic E-state index is 3.55. The van der Waals surface area contributed by atoms with Crippen molar-refractivity contribution in [1.29, 1.82) is 0 Å². The van der Waals surface area contributed by atoms with E-state index >= 15 is 0 Å². The van der Waals surface area contributed by atoms with Crippen LogP contribution in [0.3, 0.4) is 0 Å². The molecule has 2 nitrogen and oxygen atoms in total. The van der Waals surface area contributed by atoms with Crippen LogP contribution in [0.15, 0.2) is 16.8 Å². The minimum absolute atomic E-state index is 0.379. The zero-order chi connectivity index (χ0) is 11.9. The first-order valence-corrected chi connectivity index (χ1v) is 7.59. The molecule has 0 bridgehead atoms. The molecule has 2 fully saturated rings. The van der Waals surface area contributed by atoms with E-state index in [0.717, 1.165) is 11.8 Å². The predicted octanol–water partition coefficient (Wildman–Crippen LogP) is 2.22. The molecule has 2 aliphatic rings. The summed E-state index contributed by atoms with van der Waals surface area (Å²) in [7, 11) is 0. The van der Waals surface area contributed by atoms with E-state index in [2.05, 4.69) is 40.9 Å². The molecule has 0 radical (unpaired) electrons. The molecule has 1 N–H and O–H groups in total. The van der Waals surface area contributed by atoms with Gasteiger partial charge in [-0.1, -0.05) is 0 Å².